The summed E-state index contributed by atoms with van der Waals surface area (Å²) in [5.74, 6) is 1.04. The first-order chi connectivity index (χ1) is 13.1. The predicted octanol–water partition coefficient (Wildman–Crippen LogP) is 4.83. The van der Waals surface area contributed by atoms with Crippen LogP contribution in [0, 0.1) is 0 Å². The molecule has 2 heterocycles. The molecule has 0 amide bonds. The van der Waals surface area contributed by atoms with Gasteiger partial charge in [-0.05, 0) is 35.2 Å². The van der Waals surface area contributed by atoms with Crippen LogP contribution in [0.3, 0.4) is 0 Å². The lowest BCUT2D eigenvalue weighted by molar-refractivity contribution is -0.139. The van der Waals surface area contributed by atoms with Crippen LogP contribution < -0.4 is 9.47 Å². The average Bonchev–Trinajstić information content (AvgIpc) is 3.35. The number of nitrogens with zero attached hydrogens (tertiary/aromatic N) is 1. The lowest BCUT2D eigenvalue weighted by Crippen LogP contribution is -2.00. The Kier molecular flexibility index (Phi) is 6.16. The SMILES string of the molecule is COc1cc(/C=C/C(=O)OCc2cc(-c3cccs3)on2)cc(Cl)c1OC. The molecule has 6 nitrogen and oxygen atoms in total. The number of hydrogen-bond donors (Lipinski definition) is 0. The van der Waals surface area contributed by atoms with E-state index in [9.17, 15) is 4.79 Å². The van der Waals surface area contributed by atoms with E-state index in [0.29, 0.717) is 33.5 Å². The maximum absolute atomic E-state index is 11.9. The van der Waals surface area contributed by atoms with Crippen LogP contribution in [0.25, 0.3) is 16.7 Å². The molecule has 0 saturated heterocycles. The van der Waals surface area contributed by atoms with E-state index in [1.165, 1.54) is 20.3 Å². The normalized spacial score (nSPS) is 10.9. The van der Waals surface area contributed by atoms with Crippen molar-refractivity contribution in [3.8, 4) is 22.1 Å². The van der Waals surface area contributed by atoms with Gasteiger partial charge in [-0.1, -0.05) is 22.8 Å². The van der Waals surface area contributed by atoms with Gasteiger partial charge in [0.1, 0.15) is 12.3 Å². The monoisotopic (exact) mass is 405 g/mol. The molecule has 0 radical (unpaired) electrons. The second-order valence-corrected chi connectivity index (χ2v) is 6.69. The van der Waals surface area contributed by atoms with Gasteiger partial charge in [0.2, 0.25) is 0 Å². The third-order valence-corrected chi connectivity index (χ3v) is 4.72. The maximum Gasteiger partial charge on any atom is 0.331 e. The quantitative estimate of drug-likeness (QED) is 0.414. The molecule has 0 aliphatic heterocycles. The highest BCUT2D eigenvalue weighted by Gasteiger charge is 2.11. The topological polar surface area (TPSA) is 70.8 Å². The molecule has 3 rings (SSSR count). The minimum atomic E-state index is -0.512. The lowest BCUT2D eigenvalue weighted by Gasteiger charge is -2.10. The second-order valence-electron chi connectivity index (χ2n) is 5.34. The van der Waals surface area contributed by atoms with Gasteiger partial charge in [0.05, 0.1) is 24.1 Å². The molecular weight excluding hydrogens is 390 g/mol. The summed E-state index contributed by atoms with van der Waals surface area (Å²) in [5.41, 5.74) is 1.21. The lowest BCUT2D eigenvalue weighted by atomic mass is 10.2. The molecule has 0 unspecified atom stereocenters. The number of carbonyl (C=O) groups is 1. The zero-order chi connectivity index (χ0) is 19.2. The number of esters is 1. The van der Waals surface area contributed by atoms with Crippen LogP contribution in [0.5, 0.6) is 11.5 Å². The standard InChI is InChI=1S/C19H16ClNO5S/c1-23-16-9-12(8-14(20)19(16)24-2)5-6-18(22)25-11-13-10-15(26-21-13)17-4-3-7-27-17/h3-10H,11H2,1-2H3/b6-5+. The van der Waals surface area contributed by atoms with Gasteiger partial charge in [0.25, 0.3) is 0 Å². The molecule has 0 aliphatic rings. The fourth-order valence-corrected chi connectivity index (χ4v) is 3.28. The van der Waals surface area contributed by atoms with Crippen LogP contribution in [0.4, 0.5) is 0 Å². The van der Waals surface area contributed by atoms with Crippen molar-refractivity contribution >= 4 is 35.0 Å². The third kappa shape index (κ3) is 4.69. The average molecular weight is 406 g/mol. The Morgan fingerprint density at radius 2 is 2.15 bits per heavy atom. The largest absolute Gasteiger partial charge is 0.493 e. The van der Waals surface area contributed by atoms with Crippen molar-refractivity contribution in [2.45, 2.75) is 6.61 Å². The summed E-state index contributed by atoms with van der Waals surface area (Å²) in [6, 6.07) is 8.97. The van der Waals surface area contributed by atoms with E-state index >= 15 is 0 Å². The number of halogens is 1. The van der Waals surface area contributed by atoms with E-state index in [2.05, 4.69) is 5.16 Å². The molecule has 0 saturated carbocycles. The fourth-order valence-electron chi connectivity index (χ4n) is 2.31. The van der Waals surface area contributed by atoms with E-state index in [-0.39, 0.29) is 6.61 Å². The summed E-state index contributed by atoms with van der Waals surface area (Å²) in [6.07, 6.45) is 2.88. The number of ether oxygens (including phenoxy) is 3. The van der Waals surface area contributed by atoms with Crippen LogP contribution in [0.1, 0.15) is 11.3 Å². The number of hydrogen-bond acceptors (Lipinski definition) is 7. The van der Waals surface area contributed by atoms with Gasteiger partial charge in [-0.25, -0.2) is 4.79 Å². The molecule has 0 fully saturated rings. The summed E-state index contributed by atoms with van der Waals surface area (Å²) in [6.45, 7) is 0.0186. The van der Waals surface area contributed by atoms with Crippen LogP contribution in [-0.2, 0) is 16.1 Å². The number of carbonyl (C=O) groups excluding carboxylic acids is 1. The van der Waals surface area contributed by atoms with Gasteiger partial charge in [-0.3, -0.25) is 0 Å². The zero-order valence-corrected chi connectivity index (χ0v) is 16.2. The molecule has 8 heteroatoms. The molecule has 1 aromatic carbocycles. The molecule has 0 bridgehead atoms. The first kappa shape index (κ1) is 19.0. The summed E-state index contributed by atoms with van der Waals surface area (Å²) in [4.78, 5) is 12.9. The van der Waals surface area contributed by atoms with E-state index < -0.39 is 5.97 Å². The Hall–Kier alpha value is -2.77. The molecule has 140 valence electrons. The Labute approximate surface area is 164 Å². The Morgan fingerprint density at radius 3 is 2.85 bits per heavy atom. The van der Waals surface area contributed by atoms with E-state index in [1.54, 1.807) is 35.6 Å². The van der Waals surface area contributed by atoms with Crippen LogP contribution in [0.15, 0.2) is 46.3 Å². The third-order valence-electron chi connectivity index (χ3n) is 3.55. The van der Waals surface area contributed by atoms with Crippen molar-refractivity contribution in [1.82, 2.24) is 5.16 Å². The summed E-state index contributed by atoms with van der Waals surface area (Å²) < 4.78 is 20.8. The zero-order valence-electron chi connectivity index (χ0n) is 14.6. The van der Waals surface area contributed by atoms with Gasteiger partial charge < -0.3 is 18.7 Å². The van der Waals surface area contributed by atoms with Crippen molar-refractivity contribution in [2.75, 3.05) is 14.2 Å². The molecule has 0 aliphatic carbocycles. The number of thiophene rings is 1. The van der Waals surface area contributed by atoms with Crippen molar-refractivity contribution in [1.29, 1.82) is 0 Å². The molecule has 0 spiro atoms. The molecular formula is C19H16ClNO5S. The minimum Gasteiger partial charge on any atom is -0.493 e. The summed E-state index contributed by atoms with van der Waals surface area (Å²) in [7, 11) is 3.02. The molecule has 3 aromatic rings. The van der Waals surface area contributed by atoms with Crippen molar-refractivity contribution in [3.05, 3.63) is 58.1 Å². The van der Waals surface area contributed by atoms with Gasteiger partial charge in [-0.15, -0.1) is 11.3 Å². The second kappa shape index (κ2) is 8.75. The Bertz CT molecular complexity index is 949. The smallest absolute Gasteiger partial charge is 0.331 e. The molecule has 0 N–H and O–H groups in total. The number of aromatic nitrogens is 1. The van der Waals surface area contributed by atoms with Crippen LogP contribution in [0.2, 0.25) is 5.02 Å². The Balaban J connectivity index is 1.60. The summed E-state index contributed by atoms with van der Waals surface area (Å²) in [5, 5.41) is 6.23. The number of methoxy groups -OCH3 is 2. The van der Waals surface area contributed by atoms with Gasteiger partial charge >= 0.3 is 5.97 Å². The van der Waals surface area contributed by atoms with Crippen molar-refractivity contribution in [3.63, 3.8) is 0 Å². The van der Waals surface area contributed by atoms with E-state index in [4.69, 9.17) is 30.3 Å². The number of benzene rings is 1. The van der Waals surface area contributed by atoms with E-state index in [0.717, 1.165) is 4.88 Å². The van der Waals surface area contributed by atoms with E-state index in [1.807, 2.05) is 17.5 Å². The highest BCUT2D eigenvalue weighted by atomic mass is 35.5. The highest BCUT2D eigenvalue weighted by Crippen LogP contribution is 2.36. The Morgan fingerprint density at radius 1 is 1.30 bits per heavy atom. The van der Waals surface area contributed by atoms with Gasteiger partial charge in [0.15, 0.2) is 17.3 Å². The fraction of sp³-hybridized carbons (Fsp3) is 0.158. The number of rotatable bonds is 7. The first-order valence-corrected chi connectivity index (χ1v) is 9.12. The van der Waals surface area contributed by atoms with Gasteiger partial charge in [-0.2, -0.15) is 0 Å². The maximum atomic E-state index is 11.9. The molecule has 0 atom stereocenters. The molecule has 2 aromatic heterocycles. The minimum absolute atomic E-state index is 0.0186. The molecule has 27 heavy (non-hydrogen) atoms. The predicted molar refractivity (Wildman–Crippen MR) is 103 cm³/mol. The van der Waals surface area contributed by atoms with Crippen LogP contribution >= 0.6 is 22.9 Å². The van der Waals surface area contributed by atoms with Crippen molar-refractivity contribution < 1.29 is 23.5 Å². The van der Waals surface area contributed by atoms with Gasteiger partial charge in [0, 0.05) is 12.1 Å². The van der Waals surface area contributed by atoms with Crippen molar-refractivity contribution in [2.24, 2.45) is 0 Å². The summed E-state index contributed by atoms with van der Waals surface area (Å²) >= 11 is 7.69. The highest BCUT2D eigenvalue weighted by molar-refractivity contribution is 7.13. The first-order valence-electron chi connectivity index (χ1n) is 7.86. The van der Waals surface area contributed by atoms with Crippen LogP contribution in [-0.4, -0.2) is 25.3 Å².